The van der Waals surface area contributed by atoms with Crippen molar-refractivity contribution in [2.24, 2.45) is 0 Å². The Kier molecular flexibility index (Phi) is 7.03. The first-order chi connectivity index (χ1) is 11.1. The molecule has 0 heterocycles. The number of nitriles is 1. The van der Waals surface area contributed by atoms with Crippen molar-refractivity contribution in [3.63, 3.8) is 0 Å². The lowest BCUT2D eigenvalue weighted by Crippen LogP contribution is -2.04. The van der Waals surface area contributed by atoms with Gasteiger partial charge in [-0.1, -0.05) is 0 Å². The molecule has 0 aliphatic carbocycles. The molecule has 0 saturated heterocycles. The monoisotopic (exact) mass is 323 g/mol. The lowest BCUT2D eigenvalue weighted by Gasteiger charge is -2.21. The zero-order valence-electron chi connectivity index (χ0n) is 14.2. The van der Waals surface area contributed by atoms with E-state index in [1.165, 1.54) is 42.7 Å². The molecule has 7 nitrogen and oxygen atoms in total. The van der Waals surface area contributed by atoms with Gasteiger partial charge < -0.3 is 28.4 Å². The summed E-state index contributed by atoms with van der Waals surface area (Å²) in [6.07, 6.45) is 1.60. The first-order valence-electron chi connectivity index (χ1n) is 6.66. The van der Waals surface area contributed by atoms with Crippen molar-refractivity contribution in [3.05, 3.63) is 11.1 Å². The predicted octanol–water partition coefficient (Wildman–Crippen LogP) is 2.28. The van der Waals surface area contributed by atoms with Gasteiger partial charge in [-0.25, -0.2) is 0 Å². The van der Waals surface area contributed by atoms with Gasteiger partial charge in [0.15, 0.2) is 11.5 Å². The summed E-state index contributed by atoms with van der Waals surface area (Å²) >= 11 is 0. The molecule has 1 rings (SSSR count). The van der Waals surface area contributed by atoms with Crippen molar-refractivity contribution < 1.29 is 28.4 Å². The molecule has 0 aromatic heterocycles. The molecule has 0 fully saturated rings. The highest BCUT2D eigenvalue weighted by atomic mass is 16.6. The standard InChI is InChI=1S/C16H21NO6/c1-18-9-10(8-17)7-11-12(19-2)14(21-4)16(23-6)15(22-5)13(11)20-3/h7H,9H2,1-6H3. The molecule has 0 aliphatic heterocycles. The molecule has 1 aromatic carbocycles. The third kappa shape index (κ3) is 3.60. The molecular weight excluding hydrogens is 302 g/mol. The minimum Gasteiger partial charge on any atom is -0.492 e. The van der Waals surface area contributed by atoms with Crippen LogP contribution in [0.3, 0.4) is 0 Å². The third-order valence-corrected chi connectivity index (χ3v) is 3.10. The fourth-order valence-electron chi connectivity index (χ4n) is 2.19. The van der Waals surface area contributed by atoms with Crippen LogP contribution in [0.25, 0.3) is 6.08 Å². The van der Waals surface area contributed by atoms with Crippen LogP contribution in [0.15, 0.2) is 5.57 Å². The minimum atomic E-state index is 0.152. The summed E-state index contributed by atoms with van der Waals surface area (Å²) in [4.78, 5) is 0. The second-order valence-electron chi connectivity index (χ2n) is 4.29. The molecule has 0 amide bonds. The van der Waals surface area contributed by atoms with Gasteiger partial charge in [-0.3, -0.25) is 0 Å². The van der Waals surface area contributed by atoms with Gasteiger partial charge in [0.25, 0.3) is 0 Å². The average molecular weight is 323 g/mol. The predicted molar refractivity (Wildman–Crippen MR) is 84.7 cm³/mol. The Morgan fingerprint density at radius 3 is 1.48 bits per heavy atom. The van der Waals surface area contributed by atoms with E-state index in [0.717, 1.165) is 0 Å². The molecule has 0 unspecified atom stereocenters. The van der Waals surface area contributed by atoms with Crippen LogP contribution in [0.5, 0.6) is 28.7 Å². The number of ether oxygens (including phenoxy) is 6. The SMILES string of the molecule is COCC(C#N)=Cc1c(OC)c(OC)c(OC)c(OC)c1OC. The zero-order valence-corrected chi connectivity index (χ0v) is 14.2. The largest absolute Gasteiger partial charge is 0.492 e. The minimum absolute atomic E-state index is 0.152. The number of benzene rings is 1. The highest BCUT2D eigenvalue weighted by molar-refractivity contribution is 5.79. The Morgan fingerprint density at radius 1 is 0.783 bits per heavy atom. The van der Waals surface area contributed by atoms with Gasteiger partial charge >= 0.3 is 0 Å². The van der Waals surface area contributed by atoms with Gasteiger partial charge in [-0.2, -0.15) is 5.26 Å². The van der Waals surface area contributed by atoms with Crippen molar-refractivity contribution >= 4 is 6.08 Å². The fourth-order valence-corrected chi connectivity index (χ4v) is 2.19. The number of hydrogen-bond acceptors (Lipinski definition) is 7. The molecule has 7 heteroatoms. The van der Waals surface area contributed by atoms with Gasteiger partial charge in [-0.05, 0) is 6.08 Å². The Hall–Kier alpha value is -2.59. The van der Waals surface area contributed by atoms with E-state index < -0.39 is 0 Å². The van der Waals surface area contributed by atoms with Gasteiger partial charge in [0, 0.05) is 7.11 Å². The maximum absolute atomic E-state index is 9.23. The Labute approximate surface area is 135 Å². The van der Waals surface area contributed by atoms with Crippen LogP contribution in [-0.2, 0) is 4.74 Å². The van der Waals surface area contributed by atoms with E-state index >= 15 is 0 Å². The van der Waals surface area contributed by atoms with Crippen LogP contribution in [0, 0.1) is 11.3 Å². The molecule has 0 radical (unpaired) electrons. The molecule has 0 saturated carbocycles. The molecule has 0 atom stereocenters. The zero-order chi connectivity index (χ0) is 17.4. The topological polar surface area (TPSA) is 79.2 Å². The van der Waals surface area contributed by atoms with E-state index in [1.54, 1.807) is 6.08 Å². The third-order valence-electron chi connectivity index (χ3n) is 3.10. The van der Waals surface area contributed by atoms with Gasteiger partial charge in [0.05, 0.1) is 59.4 Å². The first-order valence-corrected chi connectivity index (χ1v) is 6.66. The number of nitrogens with zero attached hydrogens (tertiary/aromatic N) is 1. The van der Waals surface area contributed by atoms with Crippen molar-refractivity contribution in [2.45, 2.75) is 0 Å². The molecule has 1 aromatic rings. The molecule has 0 N–H and O–H groups in total. The molecule has 0 spiro atoms. The van der Waals surface area contributed by atoms with Crippen molar-refractivity contribution in [3.8, 4) is 34.8 Å². The quantitative estimate of drug-likeness (QED) is 0.679. The van der Waals surface area contributed by atoms with E-state index in [-0.39, 0.29) is 6.61 Å². The molecule has 126 valence electrons. The van der Waals surface area contributed by atoms with Crippen molar-refractivity contribution in [1.82, 2.24) is 0 Å². The van der Waals surface area contributed by atoms with E-state index in [2.05, 4.69) is 6.07 Å². The van der Waals surface area contributed by atoms with Crippen LogP contribution < -0.4 is 23.7 Å². The molecule has 0 bridgehead atoms. The maximum Gasteiger partial charge on any atom is 0.211 e. The summed E-state index contributed by atoms with van der Waals surface area (Å²) in [5, 5.41) is 9.23. The van der Waals surface area contributed by atoms with E-state index in [1.807, 2.05) is 0 Å². The van der Waals surface area contributed by atoms with Crippen LogP contribution in [-0.4, -0.2) is 49.3 Å². The highest BCUT2D eigenvalue weighted by Crippen LogP contribution is 2.53. The molecule has 23 heavy (non-hydrogen) atoms. The van der Waals surface area contributed by atoms with Gasteiger partial charge in [-0.15, -0.1) is 0 Å². The summed E-state index contributed by atoms with van der Waals surface area (Å²) in [5.74, 6) is 1.75. The summed E-state index contributed by atoms with van der Waals surface area (Å²) < 4.78 is 32.0. The normalized spacial score (nSPS) is 10.7. The summed E-state index contributed by atoms with van der Waals surface area (Å²) in [7, 11) is 8.95. The first kappa shape index (κ1) is 18.5. The second kappa shape index (κ2) is 8.76. The Bertz CT molecular complexity index is 585. The van der Waals surface area contributed by atoms with Crippen molar-refractivity contribution in [2.75, 3.05) is 49.3 Å². The highest BCUT2D eigenvalue weighted by Gasteiger charge is 2.27. The molecular formula is C16H21NO6. The van der Waals surface area contributed by atoms with Crippen LogP contribution in [0.4, 0.5) is 0 Å². The Balaban J connectivity index is 3.82. The van der Waals surface area contributed by atoms with Crippen LogP contribution in [0.1, 0.15) is 5.56 Å². The number of hydrogen-bond donors (Lipinski definition) is 0. The van der Waals surface area contributed by atoms with E-state index in [9.17, 15) is 5.26 Å². The summed E-state index contributed by atoms with van der Waals surface area (Å²) in [5.41, 5.74) is 0.886. The van der Waals surface area contributed by atoms with E-state index in [4.69, 9.17) is 28.4 Å². The second-order valence-corrected chi connectivity index (χ2v) is 4.29. The Morgan fingerprint density at radius 2 is 1.17 bits per heavy atom. The maximum atomic E-state index is 9.23. The van der Waals surface area contributed by atoms with Gasteiger partial charge in [0.2, 0.25) is 17.2 Å². The van der Waals surface area contributed by atoms with Crippen LogP contribution in [0.2, 0.25) is 0 Å². The van der Waals surface area contributed by atoms with Crippen LogP contribution >= 0.6 is 0 Å². The van der Waals surface area contributed by atoms with Crippen molar-refractivity contribution in [1.29, 1.82) is 5.26 Å². The molecule has 0 aliphatic rings. The number of rotatable bonds is 8. The number of methoxy groups -OCH3 is 6. The fraction of sp³-hybridized carbons (Fsp3) is 0.438. The lowest BCUT2D eigenvalue weighted by molar-refractivity contribution is 0.229. The van der Waals surface area contributed by atoms with E-state index in [0.29, 0.717) is 39.9 Å². The summed E-state index contributed by atoms with van der Waals surface area (Å²) in [6, 6.07) is 2.07. The van der Waals surface area contributed by atoms with Gasteiger partial charge in [0.1, 0.15) is 0 Å². The lowest BCUT2D eigenvalue weighted by atomic mass is 10.1. The average Bonchev–Trinajstić information content (AvgIpc) is 2.59. The summed E-state index contributed by atoms with van der Waals surface area (Å²) in [6.45, 7) is 0.152. The smallest absolute Gasteiger partial charge is 0.211 e.